The minimum absolute atomic E-state index is 0.526. The lowest BCUT2D eigenvalue weighted by atomic mass is 9.88. The lowest BCUT2D eigenvalue weighted by Crippen LogP contribution is -2.43. The summed E-state index contributed by atoms with van der Waals surface area (Å²) in [6.07, 6.45) is 2.38. The van der Waals surface area contributed by atoms with E-state index >= 15 is 0 Å². The topological polar surface area (TPSA) is 72.5 Å². The van der Waals surface area contributed by atoms with Crippen LogP contribution in [0.4, 0.5) is 4.79 Å². The Morgan fingerprint density at radius 2 is 2.05 bits per heavy atom. The summed E-state index contributed by atoms with van der Waals surface area (Å²) in [6, 6.07) is 9.94. The predicted octanol–water partition coefficient (Wildman–Crippen LogP) is 3.02. The van der Waals surface area contributed by atoms with E-state index in [4.69, 9.17) is 10.5 Å². The highest BCUT2D eigenvalue weighted by atomic mass is 16.6. The molecule has 1 amide bonds. The van der Waals surface area contributed by atoms with E-state index in [2.05, 4.69) is 6.92 Å². The van der Waals surface area contributed by atoms with Crippen molar-refractivity contribution in [3.63, 3.8) is 0 Å². The van der Waals surface area contributed by atoms with Crippen LogP contribution >= 0.6 is 0 Å². The lowest BCUT2D eigenvalue weighted by molar-refractivity contribution is -0.0740. The highest BCUT2D eigenvalue weighted by molar-refractivity contribution is 5.64. The Morgan fingerprint density at radius 1 is 1.40 bits per heavy atom. The number of hydrogen-bond acceptors (Lipinski definition) is 3. The van der Waals surface area contributed by atoms with Crippen molar-refractivity contribution in [3.8, 4) is 0 Å². The highest BCUT2D eigenvalue weighted by Crippen LogP contribution is 2.24. The summed E-state index contributed by atoms with van der Waals surface area (Å²) in [5.41, 5.74) is 5.18. The molecule has 0 aliphatic heterocycles. The highest BCUT2D eigenvalue weighted by Gasteiger charge is 2.33. The summed E-state index contributed by atoms with van der Waals surface area (Å²) in [5.74, 6) is 0. The molecule has 112 valence electrons. The van der Waals surface area contributed by atoms with Gasteiger partial charge in [0.15, 0.2) is 0 Å². The first kappa shape index (κ1) is 16.5. The second-order valence-corrected chi connectivity index (χ2v) is 5.41. The van der Waals surface area contributed by atoms with Crippen LogP contribution in [-0.4, -0.2) is 22.9 Å². The Morgan fingerprint density at radius 3 is 2.60 bits per heavy atom. The third kappa shape index (κ3) is 5.61. The van der Waals surface area contributed by atoms with Gasteiger partial charge in [-0.1, -0.05) is 43.7 Å². The van der Waals surface area contributed by atoms with E-state index in [0.29, 0.717) is 12.8 Å². The van der Waals surface area contributed by atoms with E-state index in [1.807, 2.05) is 30.3 Å². The largest absolute Gasteiger partial charge is 0.443 e. The number of rotatable bonds is 8. The molecule has 4 nitrogen and oxygen atoms in total. The fraction of sp³-hybridized carbons (Fsp3) is 0.562. The van der Waals surface area contributed by atoms with Crippen molar-refractivity contribution < 1.29 is 14.6 Å². The molecule has 3 N–H and O–H groups in total. The molecule has 2 unspecified atom stereocenters. The van der Waals surface area contributed by atoms with Crippen LogP contribution in [0.25, 0.3) is 0 Å². The van der Waals surface area contributed by atoms with Gasteiger partial charge in [-0.3, -0.25) is 0 Å². The first-order valence-electron chi connectivity index (χ1n) is 7.18. The maximum absolute atomic E-state index is 11.0. The Kier molecular flexibility index (Phi) is 6.52. The number of carbonyl (C=O) groups excluding carboxylic acids is 1. The number of aliphatic hydroxyl groups is 1. The normalized spacial score (nSPS) is 15.3. The van der Waals surface area contributed by atoms with Crippen LogP contribution in [0.3, 0.4) is 0 Å². The van der Waals surface area contributed by atoms with Crippen LogP contribution in [-0.2, 0) is 11.2 Å². The molecule has 1 rings (SSSR count). The van der Waals surface area contributed by atoms with Gasteiger partial charge in [0.25, 0.3) is 0 Å². The van der Waals surface area contributed by atoms with Gasteiger partial charge in [-0.05, 0) is 38.2 Å². The summed E-state index contributed by atoms with van der Waals surface area (Å²) < 4.78 is 5.09. The summed E-state index contributed by atoms with van der Waals surface area (Å²) in [4.78, 5) is 11.0. The molecular weight excluding hydrogens is 254 g/mol. The molecular formula is C16H25NO3. The van der Waals surface area contributed by atoms with E-state index in [1.165, 1.54) is 0 Å². The zero-order valence-corrected chi connectivity index (χ0v) is 12.3. The molecule has 0 radical (unpaired) electrons. The van der Waals surface area contributed by atoms with Crippen molar-refractivity contribution in [2.75, 3.05) is 0 Å². The minimum Gasteiger partial charge on any atom is -0.443 e. The molecule has 0 aliphatic rings. The number of carbonyl (C=O) groups is 1. The predicted molar refractivity (Wildman–Crippen MR) is 79.4 cm³/mol. The smallest absolute Gasteiger partial charge is 0.404 e. The monoisotopic (exact) mass is 279 g/mol. The second-order valence-electron chi connectivity index (χ2n) is 5.41. The third-order valence-corrected chi connectivity index (χ3v) is 3.53. The van der Waals surface area contributed by atoms with Crippen molar-refractivity contribution >= 4 is 6.09 Å². The van der Waals surface area contributed by atoms with Gasteiger partial charge >= 0.3 is 6.09 Å². The van der Waals surface area contributed by atoms with Crippen molar-refractivity contribution in [1.29, 1.82) is 0 Å². The fourth-order valence-corrected chi connectivity index (χ4v) is 2.23. The van der Waals surface area contributed by atoms with Gasteiger partial charge in [-0.25, -0.2) is 4.79 Å². The molecule has 0 aliphatic carbocycles. The Balaban J connectivity index is 2.63. The molecule has 0 spiro atoms. The standard InChI is InChI=1S/C16H25NO3/c1-3-4-10-14(20-15(17)18)16(2,19)12-11-13-8-6-5-7-9-13/h5-9,14,19H,3-4,10-12H2,1-2H3,(H2,17,18). The molecule has 0 fully saturated rings. The average Bonchev–Trinajstić information content (AvgIpc) is 2.42. The molecule has 0 bridgehead atoms. The quantitative estimate of drug-likeness (QED) is 0.768. The Labute approximate surface area is 120 Å². The van der Waals surface area contributed by atoms with Crippen molar-refractivity contribution in [3.05, 3.63) is 35.9 Å². The number of aryl methyl sites for hydroxylation is 1. The zero-order valence-electron chi connectivity index (χ0n) is 12.3. The number of nitrogens with two attached hydrogens (primary N) is 1. The zero-order chi connectivity index (χ0) is 15.0. The van der Waals surface area contributed by atoms with Crippen LogP contribution in [0.1, 0.15) is 45.1 Å². The summed E-state index contributed by atoms with van der Waals surface area (Å²) in [5, 5.41) is 10.6. The van der Waals surface area contributed by atoms with E-state index in [-0.39, 0.29) is 0 Å². The van der Waals surface area contributed by atoms with E-state index in [1.54, 1.807) is 6.92 Å². The van der Waals surface area contributed by atoms with Crippen molar-refractivity contribution in [1.82, 2.24) is 0 Å². The lowest BCUT2D eigenvalue weighted by Gasteiger charge is -2.32. The van der Waals surface area contributed by atoms with Crippen LogP contribution in [0.15, 0.2) is 30.3 Å². The van der Waals surface area contributed by atoms with Crippen LogP contribution in [0.5, 0.6) is 0 Å². The second kappa shape index (κ2) is 7.90. The van der Waals surface area contributed by atoms with Gasteiger partial charge in [-0.2, -0.15) is 0 Å². The van der Waals surface area contributed by atoms with E-state index < -0.39 is 17.8 Å². The number of ether oxygens (including phenoxy) is 1. The summed E-state index contributed by atoms with van der Waals surface area (Å²) in [7, 11) is 0. The van der Waals surface area contributed by atoms with Crippen molar-refractivity contribution in [2.24, 2.45) is 5.73 Å². The summed E-state index contributed by atoms with van der Waals surface area (Å²) >= 11 is 0. The SMILES string of the molecule is CCCCC(OC(N)=O)C(C)(O)CCc1ccccc1. The molecule has 20 heavy (non-hydrogen) atoms. The third-order valence-electron chi connectivity index (χ3n) is 3.53. The van der Waals surface area contributed by atoms with E-state index in [9.17, 15) is 9.90 Å². The molecule has 1 aromatic carbocycles. The number of primary amides is 1. The molecule has 4 heteroatoms. The van der Waals surface area contributed by atoms with Gasteiger partial charge in [0.2, 0.25) is 0 Å². The van der Waals surface area contributed by atoms with Crippen LogP contribution in [0, 0.1) is 0 Å². The first-order valence-corrected chi connectivity index (χ1v) is 7.18. The van der Waals surface area contributed by atoms with Crippen LogP contribution in [0.2, 0.25) is 0 Å². The fourth-order valence-electron chi connectivity index (χ4n) is 2.23. The molecule has 2 atom stereocenters. The number of unbranched alkanes of at least 4 members (excludes halogenated alkanes) is 1. The van der Waals surface area contributed by atoms with Gasteiger partial charge in [0, 0.05) is 0 Å². The van der Waals surface area contributed by atoms with Crippen molar-refractivity contribution in [2.45, 2.75) is 57.7 Å². The van der Waals surface area contributed by atoms with E-state index in [0.717, 1.165) is 24.8 Å². The van der Waals surface area contributed by atoms with Gasteiger partial charge in [0.05, 0.1) is 5.60 Å². The van der Waals surface area contributed by atoms with Gasteiger partial charge in [0.1, 0.15) is 6.10 Å². The summed E-state index contributed by atoms with van der Waals surface area (Å²) in [6.45, 7) is 3.76. The average molecular weight is 279 g/mol. The molecule has 0 saturated heterocycles. The minimum atomic E-state index is -1.07. The van der Waals surface area contributed by atoms with Crippen LogP contribution < -0.4 is 5.73 Å². The number of hydrogen-bond donors (Lipinski definition) is 2. The molecule has 0 saturated carbocycles. The van der Waals surface area contributed by atoms with Gasteiger partial charge in [-0.15, -0.1) is 0 Å². The number of benzene rings is 1. The molecule has 0 aromatic heterocycles. The molecule has 0 heterocycles. The Hall–Kier alpha value is -1.55. The van der Waals surface area contributed by atoms with Gasteiger partial charge < -0.3 is 15.6 Å². The number of amides is 1. The maximum atomic E-state index is 11.0. The molecule has 1 aromatic rings. The Bertz CT molecular complexity index is 403. The first-order chi connectivity index (χ1) is 9.45. The maximum Gasteiger partial charge on any atom is 0.404 e.